The Morgan fingerprint density at radius 3 is 2.78 bits per heavy atom. The highest BCUT2D eigenvalue weighted by Crippen LogP contribution is 2.08. The molecule has 0 spiro atoms. The zero-order valence-electron chi connectivity index (χ0n) is 9.62. The van der Waals surface area contributed by atoms with E-state index in [0.717, 1.165) is 0 Å². The molecular weight excluding hydrogens is 256 g/mol. The van der Waals surface area contributed by atoms with Crippen molar-refractivity contribution in [1.29, 1.82) is 5.26 Å². The number of benzene rings is 1. The summed E-state index contributed by atoms with van der Waals surface area (Å²) in [5.74, 6) is -1.61. The van der Waals surface area contributed by atoms with E-state index < -0.39 is 22.0 Å². The second-order valence-electron chi connectivity index (χ2n) is 3.75. The summed E-state index contributed by atoms with van der Waals surface area (Å²) >= 11 is 0. The minimum atomic E-state index is -3.74. The highest BCUT2D eigenvalue weighted by atomic mass is 32.2. The second-order valence-corrected chi connectivity index (χ2v) is 5.50. The van der Waals surface area contributed by atoms with Crippen molar-refractivity contribution >= 4 is 16.0 Å². The number of carboxylic acids is 1. The van der Waals surface area contributed by atoms with Crippen molar-refractivity contribution in [1.82, 2.24) is 4.72 Å². The van der Waals surface area contributed by atoms with E-state index in [9.17, 15) is 13.2 Å². The molecule has 6 nitrogen and oxygen atoms in total. The van der Waals surface area contributed by atoms with Crippen LogP contribution in [-0.2, 0) is 20.6 Å². The third kappa shape index (κ3) is 4.16. The molecule has 0 radical (unpaired) electrons. The lowest BCUT2D eigenvalue weighted by molar-refractivity contribution is -0.138. The molecule has 1 rings (SSSR count). The average molecular weight is 268 g/mol. The van der Waals surface area contributed by atoms with Crippen LogP contribution in [0.2, 0.25) is 0 Å². The normalized spacial score (nSPS) is 12.7. The first kappa shape index (κ1) is 14.2. The van der Waals surface area contributed by atoms with Crippen LogP contribution in [0, 0.1) is 11.3 Å². The summed E-state index contributed by atoms with van der Waals surface area (Å²) in [6, 6.07) is 6.86. The van der Waals surface area contributed by atoms with Gasteiger partial charge in [-0.05, 0) is 24.6 Å². The van der Waals surface area contributed by atoms with Crippen LogP contribution in [0.4, 0.5) is 0 Å². The van der Waals surface area contributed by atoms with E-state index in [2.05, 4.69) is 0 Å². The fraction of sp³-hybridized carbons (Fsp3) is 0.273. The topological polar surface area (TPSA) is 107 Å². The Bertz CT molecular complexity index is 589. The summed E-state index contributed by atoms with van der Waals surface area (Å²) in [6.07, 6.45) is 0. The van der Waals surface area contributed by atoms with Crippen molar-refractivity contribution in [2.24, 2.45) is 0 Å². The molecule has 0 aliphatic rings. The Morgan fingerprint density at radius 1 is 1.56 bits per heavy atom. The number of nitrogens with one attached hydrogen (secondary N) is 1. The van der Waals surface area contributed by atoms with Crippen LogP contribution in [0.25, 0.3) is 0 Å². The van der Waals surface area contributed by atoms with Crippen LogP contribution in [0.5, 0.6) is 0 Å². The number of rotatable bonds is 5. The summed E-state index contributed by atoms with van der Waals surface area (Å²) < 4.78 is 25.3. The third-order valence-electron chi connectivity index (χ3n) is 2.14. The predicted octanol–water partition coefficient (Wildman–Crippen LogP) is 0.451. The minimum Gasteiger partial charge on any atom is -0.480 e. The quantitative estimate of drug-likeness (QED) is 0.806. The highest BCUT2D eigenvalue weighted by Gasteiger charge is 2.19. The van der Waals surface area contributed by atoms with Crippen LogP contribution in [0.1, 0.15) is 18.1 Å². The molecule has 0 saturated carbocycles. The number of carboxylic acid groups (broad SMARTS) is 1. The van der Waals surface area contributed by atoms with Crippen molar-refractivity contribution in [3.63, 3.8) is 0 Å². The van der Waals surface area contributed by atoms with Gasteiger partial charge in [0.15, 0.2) is 0 Å². The summed E-state index contributed by atoms with van der Waals surface area (Å²) in [4.78, 5) is 10.6. The molecule has 2 N–H and O–H groups in total. The van der Waals surface area contributed by atoms with E-state index in [1.165, 1.54) is 13.0 Å². The molecule has 0 heterocycles. The molecule has 0 unspecified atom stereocenters. The maximum Gasteiger partial charge on any atom is 0.321 e. The van der Waals surface area contributed by atoms with E-state index in [4.69, 9.17) is 10.4 Å². The minimum absolute atomic E-state index is 0.356. The molecule has 0 fully saturated rings. The van der Waals surface area contributed by atoms with E-state index >= 15 is 0 Å². The van der Waals surface area contributed by atoms with E-state index in [0.29, 0.717) is 11.1 Å². The number of nitrogens with zero attached hydrogens (tertiary/aromatic N) is 1. The van der Waals surface area contributed by atoms with E-state index in [-0.39, 0.29) is 5.75 Å². The number of hydrogen-bond acceptors (Lipinski definition) is 4. The van der Waals surface area contributed by atoms with Gasteiger partial charge in [0.25, 0.3) is 0 Å². The molecule has 18 heavy (non-hydrogen) atoms. The van der Waals surface area contributed by atoms with Crippen LogP contribution >= 0.6 is 0 Å². The van der Waals surface area contributed by atoms with Gasteiger partial charge in [-0.1, -0.05) is 12.1 Å². The first-order chi connectivity index (χ1) is 8.34. The summed E-state index contributed by atoms with van der Waals surface area (Å²) in [5.41, 5.74) is 0.785. The average Bonchev–Trinajstić information content (AvgIpc) is 2.27. The van der Waals surface area contributed by atoms with Crippen molar-refractivity contribution in [2.45, 2.75) is 18.7 Å². The molecule has 1 aromatic rings. The maximum atomic E-state index is 11.7. The molecule has 0 aromatic heterocycles. The zero-order chi connectivity index (χ0) is 13.8. The van der Waals surface area contributed by atoms with E-state index in [1.54, 1.807) is 18.2 Å². The first-order valence-corrected chi connectivity index (χ1v) is 6.71. The number of nitriles is 1. The van der Waals surface area contributed by atoms with Crippen molar-refractivity contribution in [3.8, 4) is 6.07 Å². The summed E-state index contributed by atoms with van der Waals surface area (Å²) in [5, 5.41) is 17.3. The van der Waals surface area contributed by atoms with Gasteiger partial charge >= 0.3 is 5.97 Å². The van der Waals surface area contributed by atoms with Gasteiger partial charge in [0.2, 0.25) is 10.0 Å². The fourth-order valence-electron chi connectivity index (χ4n) is 1.31. The molecule has 1 atom stereocenters. The molecule has 0 amide bonds. The van der Waals surface area contributed by atoms with Crippen molar-refractivity contribution in [2.75, 3.05) is 0 Å². The molecule has 1 aromatic carbocycles. The number of aliphatic carboxylic acids is 1. The zero-order valence-corrected chi connectivity index (χ0v) is 10.4. The SMILES string of the molecule is C[C@H](NS(=O)(=O)Cc1cccc(C#N)c1)C(=O)O. The molecule has 0 aliphatic carbocycles. The maximum absolute atomic E-state index is 11.7. The van der Waals surface area contributed by atoms with Gasteiger partial charge in [-0.25, -0.2) is 13.1 Å². The fourth-order valence-corrected chi connectivity index (χ4v) is 2.65. The van der Waals surface area contributed by atoms with Gasteiger partial charge in [0, 0.05) is 0 Å². The van der Waals surface area contributed by atoms with Gasteiger partial charge in [-0.3, -0.25) is 4.79 Å². The molecule has 0 aliphatic heterocycles. The molecule has 7 heteroatoms. The monoisotopic (exact) mass is 268 g/mol. The smallest absolute Gasteiger partial charge is 0.321 e. The Balaban J connectivity index is 2.83. The lowest BCUT2D eigenvalue weighted by Gasteiger charge is -2.10. The molecule has 0 bridgehead atoms. The van der Waals surface area contributed by atoms with Gasteiger partial charge in [-0.2, -0.15) is 5.26 Å². The lowest BCUT2D eigenvalue weighted by Crippen LogP contribution is -2.38. The number of carbonyl (C=O) groups is 1. The summed E-state index contributed by atoms with van der Waals surface area (Å²) in [6.45, 7) is 1.24. The lowest BCUT2D eigenvalue weighted by atomic mass is 10.2. The van der Waals surface area contributed by atoms with Gasteiger partial charge in [-0.15, -0.1) is 0 Å². The second kappa shape index (κ2) is 5.62. The van der Waals surface area contributed by atoms with Gasteiger partial charge in [0.1, 0.15) is 6.04 Å². The Labute approximate surface area is 105 Å². The van der Waals surface area contributed by atoms with Gasteiger partial charge < -0.3 is 5.11 Å². The molecular formula is C11H12N2O4S. The van der Waals surface area contributed by atoms with Crippen molar-refractivity contribution in [3.05, 3.63) is 35.4 Å². The highest BCUT2D eigenvalue weighted by molar-refractivity contribution is 7.88. The first-order valence-electron chi connectivity index (χ1n) is 5.06. The standard InChI is InChI=1S/C11H12N2O4S/c1-8(11(14)15)13-18(16,17)7-10-4-2-3-9(5-10)6-12/h2-5,8,13H,7H2,1H3,(H,14,15)/t8-/m0/s1. The van der Waals surface area contributed by atoms with Crippen LogP contribution in [0.3, 0.4) is 0 Å². The summed E-state index contributed by atoms with van der Waals surface area (Å²) in [7, 11) is -3.74. The van der Waals surface area contributed by atoms with Crippen LogP contribution in [-0.4, -0.2) is 25.5 Å². The Morgan fingerprint density at radius 2 is 2.22 bits per heavy atom. The van der Waals surface area contributed by atoms with Crippen molar-refractivity contribution < 1.29 is 18.3 Å². The Kier molecular flexibility index (Phi) is 4.42. The van der Waals surface area contributed by atoms with Crippen LogP contribution < -0.4 is 4.72 Å². The van der Waals surface area contributed by atoms with E-state index in [1.807, 2.05) is 10.8 Å². The largest absolute Gasteiger partial charge is 0.480 e. The third-order valence-corrected chi connectivity index (χ3v) is 3.57. The predicted molar refractivity (Wildman–Crippen MR) is 64.0 cm³/mol. The van der Waals surface area contributed by atoms with Crippen LogP contribution in [0.15, 0.2) is 24.3 Å². The molecule has 0 saturated heterocycles. The Hall–Kier alpha value is -1.91. The van der Waals surface area contributed by atoms with Gasteiger partial charge in [0.05, 0.1) is 17.4 Å². The molecule has 96 valence electrons. The number of hydrogen-bond donors (Lipinski definition) is 2. The number of sulfonamides is 1.